The first kappa shape index (κ1) is 15.1. The second-order valence-electron chi connectivity index (χ2n) is 6.02. The number of nitrogens with zero attached hydrogens (tertiary/aromatic N) is 5. The van der Waals surface area contributed by atoms with Gasteiger partial charge in [-0.15, -0.1) is 28.2 Å². The Morgan fingerprint density at radius 1 is 1.39 bits per heavy atom. The van der Waals surface area contributed by atoms with E-state index < -0.39 is 0 Å². The normalized spacial score (nSPS) is 21.0. The number of hydrogen-bond donors (Lipinski definition) is 0. The highest BCUT2D eigenvalue weighted by atomic mass is 32.2. The number of amides is 1. The molecule has 0 unspecified atom stereocenters. The first-order chi connectivity index (χ1) is 11.3. The molecule has 3 heterocycles. The summed E-state index contributed by atoms with van der Waals surface area (Å²) in [6, 6.07) is 4.96. The summed E-state index contributed by atoms with van der Waals surface area (Å²) in [7, 11) is 0. The first-order valence-electron chi connectivity index (χ1n) is 8.00. The van der Waals surface area contributed by atoms with E-state index in [2.05, 4.69) is 33.0 Å². The van der Waals surface area contributed by atoms with Crippen LogP contribution in [0.1, 0.15) is 48.5 Å². The van der Waals surface area contributed by atoms with E-state index >= 15 is 0 Å². The molecule has 1 aliphatic heterocycles. The lowest BCUT2D eigenvalue weighted by atomic mass is 10.2. The van der Waals surface area contributed by atoms with Crippen LogP contribution in [-0.2, 0) is 10.5 Å². The Bertz CT molecular complexity index is 667. The van der Waals surface area contributed by atoms with Crippen LogP contribution in [0, 0.1) is 0 Å². The van der Waals surface area contributed by atoms with Crippen molar-refractivity contribution < 1.29 is 4.79 Å². The standard InChI is InChI=1S/C15H19N5OS2/c21-15(19-7-1-3-12(19)13-4-2-8-23-13)10-22-9-14-16-17-18-20(14)11-5-6-11/h2,4,8,11-12H,1,3,5-7,9-10H2/t12-/m1/s1. The maximum atomic E-state index is 12.6. The molecule has 0 aromatic carbocycles. The third kappa shape index (κ3) is 3.28. The molecule has 2 fully saturated rings. The maximum absolute atomic E-state index is 12.6. The third-order valence-electron chi connectivity index (χ3n) is 4.36. The van der Waals surface area contributed by atoms with Gasteiger partial charge >= 0.3 is 0 Å². The highest BCUT2D eigenvalue weighted by Crippen LogP contribution is 2.36. The fraction of sp³-hybridized carbons (Fsp3) is 0.600. The van der Waals surface area contributed by atoms with Crippen LogP contribution in [0.4, 0.5) is 0 Å². The molecule has 4 rings (SSSR count). The molecule has 8 heteroatoms. The number of likely N-dealkylation sites (tertiary alicyclic amines) is 1. The minimum absolute atomic E-state index is 0.233. The average molecular weight is 349 g/mol. The van der Waals surface area contributed by atoms with Crippen LogP contribution in [0.2, 0.25) is 0 Å². The van der Waals surface area contributed by atoms with Gasteiger partial charge in [0, 0.05) is 11.4 Å². The molecule has 1 amide bonds. The molecule has 122 valence electrons. The number of tetrazole rings is 1. The van der Waals surface area contributed by atoms with Crippen molar-refractivity contribution in [3.05, 3.63) is 28.2 Å². The summed E-state index contributed by atoms with van der Waals surface area (Å²) in [5.74, 6) is 2.32. The number of carbonyl (C=O) groups is 1. The number of hydrogen-bond acceptors (Lipinski definition) is 6. The zero-order chi connectivity index (χ0) is 15.6. The quantitative estimate of drug-likeness (QED) is 0.802. The van der Waals surface area contributed by atoms with Gasteiger partial charge in [-0.1, -0.05) is 6.07 Å². The second-order valence-corrected chi connectivity index (χ2v) is 7.99. The zero-order valence-corrected chi connectivity index (χ0v) is 14.4. The van der Waals surface area contributed by atoms with E-state index in [0.29, 0.717) is 17.5 Å². The van der Waals surface area contributed by atoms with Crippen LogP contribution in [0.15, 0.2) is 17.5 Å². The summed E-state index contributed by atoms with van der Waals surface area (Å²) in [5, 5.41) is 14.0. The van der Waals surface area contributed by atoms with Crippen molar-refractivity contribution >= 4 is 29.0 Å². The monoisotopic (exact) mass is 349 g/mol. The average Bonchev–Trinajstić information content (AvgIpc) is 3.03. The van der Waals surface area contributed by atoms with Gasteiger partial charge in [-0.3, -0.25) is 4.79 Å². The van der Waals surface area contributed by atoms with Crippen molar-refractivity contribution in [3.8, 4) is 0 Å². The van der Waals surface area contributed by atoms with E-state index in [4.69, 9.17) is 0 Å². The van der Waals surface area contributed by atoms with Crippen molar-refractivity contribution in [2.75, 3.05) is 12.3 Å². The van der Waals surface area contributed by atoms with Crippen molar-refractivity contribution in [1.29, 1.82) is 0 Å². The molecule has 1 atom stereocenters. The van der Waals surface area contributed by atoms with Crippen LogP contribution >= 0.6 is 23.1 Å². The van der Waals surface area contributed by atoms with E-state index in [0.717, 1.165) is 38.1 Å². The van der Waals surface area contributed by atoms with Crippen LogP contribution in [0.25, 0.3) is 0 Å². The van der Waals surface area contributed by atoms with Crippen molar-refractivity contribution in [3.63, 3.8) is 0 Å². The summed E-state index contributed by atoms with van der Waals surface area (Å²) in [6.07, 6.45) is 4.51. The smallest absolute Gasteiger partial charge is 0.233 e. The Kier molecular flexibility index (Phi) is 4.35. The molecular weight excluding hydrogens is 330 g/mol. The Labute approximate surface area is 143 Å². The summed E-state index contributed by atoms with van der Waals surface area (Å²) < 4.78 is 1.92. The minimum Gasteiger partial charge on any atom is -0.334 e. The Hall–Kier alpha value is -1.41. The van der Waals surface area contributed by atoms with Crippen LogP contribution in [-0.4, -0.2) is 43.3 Å². The minimum atomic E-state index is 0.233. The lowest BCUT2D eigenvalue weighted by Crippen LogP contribution is -2.31. The highest BCUT2D eigenvalue weighted by molar-refractivity contribution is 7.99. The Balaban J connectivity index is 1.32. The number of aromatic nitrogens is 4. The van der Waals surface area contributed by atoms with Crippen LogP contribution in [0.3, 0.4) is 0 Å². The van der Waals surface area contributed by atoms with E-state index in [9.17, 15) is 4.79 Å². The molecule has 1 saturated heterocycles. The Morgan fingerprint density at radius 3 is 3.09 bits per heavy atom. The van der Waals surface area contributed by atoms with Gasteiger partial charge < -0.3 is 4.90 Å². The molecular formula is C15H19N5OS2. The van der Waals surface area contributed by atoms with Crippen LogP contribution in [0.5, 0.6) is 0 Å². The van der Waals surface area contributed by atoms with E-state index in [1.54, 1.807) is 23.1 Å². The number of thiophene rings is 1. The van der Waals surface area contributed by atoms with Gasteiger partial charge in [-0.25, -0.2) is 4.68 Å². The molecule has 1 saturated carbocycles. The topological polar surface area (TPSA) is 63.9 Å². The van der Waals surface area contributed by atoms with Crippen molar-refractivity contribution in [1.82, 2.24) is 25.1 Å². The number of rotatable bonds is 6. The fourth-order valence-corrected chi connectivity index (χ4v) is 4.75. The highest BCUT2D eigenvalue weighted by Gasteiger charge is 2.31. The lowest BCUT2D eigenvalue weighted by Gasteiger charge is -2.23. The second kappa shape index (κ2) is 6.60. The van der Waals surface area contributed by atoms with Gasteiger partial charge in [-0.05, 0) is 47.6 Å². The van der Waals surface area contributed by atoms with Gasteiger partial charge in [0.15, 0.2) is 5.82 Å². The van der Waals surface area contributed by atoms with Crippen molar-refractivity contribution in [2.45, 2.75) is 43.5 Å². The molecule has 2 aromatic heterocycles. The predicted octanol–water partition coefficient (Wildman–Crippen LogP) is 2.67. The van der Waals surface area contributed by atoms with E-state index in [-0.39, 0.29) is 11.9 Å². The molecule has 0 radical (unpaired) electrons. The SMILES string of the molecule is O=C(CSCc1nnnn1C1CC1)N1CCC[C@@H]1c1cccs1. The molecule has 0 bridgehead atoms. The van der Waals surface area contributed by atoms with Gasteiger partial charge in [-0.2, -0.15) is 0 Å². The van der Waals surface area contributed by atoms with Crippen molar-refractivity contribution in [2.24, 2.45) is 0 Å². The molecule has 2 aromatic rings. The molecule has 1 aliphatic carbocycles. The molecule has 23 heavy (non-hydrogen) atoms. The van der Waals surface area contributed by atoms with Gasteiger partial charge in [0.25, 0.3) is 0 Å². The maximum Gasteiger partial charge on any atom is 0.233 e. The summed E-state index contributed by atoms with van der Waals surface area (Å²) >= 11 is 3.36. The van der Waals surface area contributed by atoms with Crippen LogP contribution < -0.4 is 0 Å². The molecule has 0 N–H and O–H groups in total. The summed E-state index contributed by atoms with van der Waals surface area (Å²) in [4.78, 5) is 15.9. The van der Waals surface area contributed by atoms with Gasteiger partial charge in [0.2, 0.25) is 5.91 Å². The van der Waals surface area contributed by atoms with E-state index in [1.807, 2.05) is 9.58 Å². The first-order valence-corrected chi connectivity index (χ1v) is 10.0. The third-order valence-corrected chi connectivity index (χ3v) is 6.24. The number of carbonyl (C=O) groups excluding carboxylic acids is 1. The number of thioether (sulfide) groups is 1. The van der Waals surface area contributed by atoms with E-state index in [1.165, 1.54) is 4.88 Å². The Morgan fingerprint density at radius 2 is 2.30 bits per heavy atom. The summed E-state index contributed by atoms with van der Waals surface area (Å²) in [5.41, 5.74) is 0. The lowest BCUT2D eigenvalue weighted by molar-refractivity contribution is -0.129. The fourth-order valence-electron chi connectivity index (χ4n) is 3.06. The predicted molar refractivity (Wildman–Crippen MR) is 90.3 cm³/mol. The zero-order valence-electron chi connectivity index (χ0n) is 12.8. The summed E-state index contributed by atoms with van der Waals surface area (Å²) in [6.45, 7) is 0.877. The molecule has 0 spiro atoms. The largest absolute Gasteiger partial charge is 0.334 e. The van der Waals surface area contributed by atoms with Gasteiger partial charge in [0.1, 0.15) is 0 Å². The van der Waals surface area contributed by atoms with Gasteiger partial charge in [0.05, 0.1) is 23.6 Å². The molecule has 6 nitrogen and oxygen atoms in total. The molecule has 2 aliphatic rings.